The Kier molecular flexibility index (Phi) is 4.94. The van der Waals surface area contributed by atoms with Gasteiger partial charge in [0.25, 0.3) is 0 Å². The largest absolute Gasteiger partial charge is 0.355 e. The monoisotopic (exact) mass is 198 g/mol. The summed E-state index contributed by atoms with van der Waals surface area (Å²) >= 11 is 0. The number of nitrogens with two attached hydrogens (primary N) is 1. The van der Waals surface area contributed by atoms with E-state index in [0.29, 0.717) is 18.9 Å². The number of carbonyl (C=O) groups excluding carboxylic acids is 1. The van der Waals surface area contributed by atoms with E-state index in [0.717, 1.165) is 19.3 Å². The van der Waals surface area contributed by atoms with E-state index in [-0.39, 0.29) is 11.9 Å². The molecular weight excluding hydrogens is 176 g/mol. The molecule has 0 radical (unpaired) electrons. The Morgan fingerprint density at radius 1 is 1.50 bits per heavy atom. The summed E-state index contributed by atoms with van der Waals surface area (Å²) in [6, 6.07) is 0.185. The van der Waals surface area contributed by atoms with Crippen molar-refractivity contribution in [1.29, 1.82) is 0 Å². The van der Waals surface area contributed by atoms with E-state index < -0.39 is 0 Å². The molecule has 0 aromatic rings. The molecule has 1 rings (SSSR count). The molecule has 3 nitrogen and oxygen atoms in total. The highest BCUT2D eigenvalue weighted by Gasteiger charge is 2.28. The zero-order chi connectivity index (χ0) is 10.4. The van der Waals surface area contributed by atoms with Crippen LogP contribution in [-0.2, 0) is 4.79 Å². The molecule has 1 saturated carbocycles. The summed E-state index contributed by atoms with van der Waals surface area (Å²) in [6.07, 6.45) is 6.45. The van der Waals surface area contributed by atoms with E-state index >= 15 is 0 Å². The molecule has 82 valence electrons. The van der Waals surface area contributed by atoms with Crippen LogP contribution in [0.4, 0.5) is 0 Å². The van der Waals surface area contributed by atoms with Crippen LogP contribution in [0.1, 0.15) is 45.4 Å². The van der Waals surface area contributed by atoms with Crippen LogP contribution < -0.4 is 11.1 Å². The lowest BCUT2D eigenvalue weighted by Crippen LogP contribution is -2.38. The average Bonchev–Trinajstić information content (AvgIpc) is 2.98. The van der Waals surface area contributed by atoms with Gasteiger partial charge in [0.05, 0.1) is 0 Å². The number of amides is 1. The highest BCUT2D eigenvalue weighted by molar-refractivity contribution is 5.75. The van der Waals surface area contributed by atoms with Crippen molar-refractivity contribution in [3.8, 4) is 0 Å². The predicted octanol–water partition coefficient (Wildman–Crippen LogP) is 1.42. The van der Waals surface area contributed by atoms with Crippen molar-refractivity contribution < 1.29 is 4.79 Å². The molecule has 14 heavy (non-hydrogen) atoms. The van der Waals surface area contributed by atoms with Gasteiger partial charge in [-0.05, 0) is 25.2 Å². The van der Waals surface area contributed by atoms with Gasteiger partial charge in [-0.3, -0.25) is 4.79 Å². The molecule has 1 unspecified atom stereocenters. The smallest absolute Gasteiger partial charge is 0.220 e. The first kappa shape index (κ1) is 11.5. The third-order valence-electron chi connectivity index (χ3n) is 2.77. The Morgan fingerprint density at radius 2 is 2.21 bits per heavy atom. The summed E-state index contributed by atoms with van der Waals surface area (Å²) in [5.74, 6) is 0.834. The molecule has 0 bridgehead atoms. The Bertz CT molecular complexity index is 178. The van der Waals surface area contributed by atoms with Gasteiger partial charge in [0.15, 0.2) is 0 Å². The van der Waals surface area contributed by atoms with Crippen molar-refractivity contribution in [1.82, 2.24) is 5.32 Å². The van der Waals surface area contributed by atoms with Gasteiger partial charge in [-0.15, -0.1) is 0 Å². The Morgan fingerprint density at radius 3 is 2.79 bits per heavy atom. The van der Waals surface area contributed by atoms with Crippen LogP contribution in [0, 0.1) is 5.92 Å². The van der Waals surface area contributed by atoms with Crippen LogP contribution in [0.5, 0.6) is 0 Å². The molecule has 0 aliphatic heterocycles. The quantitative estimate of drug-likeness (QED) is 0.608. The third kappa shape index (κ3) is 4.61. The summed E-state index contributed by atoms with van der Waals surface area (Å²) < 4.78 is 0. The van der Waals surface area contributed by atoms with Gasteiger partial charge in [0, 0.05) is 19.0 Å². The normalized spacial score (nSPS) is 17.9. The first-order valence-electron chi connectivity index (χ1n) is 5.76. The lowest BCUT2D eigenvalue weighted by atomic mass is 10.2. The van der Waals surface area contributed by atoms with Crippen molar-refractivity contribution in [2.24, 2.45) is 11.7 Å². The zero-order valence-corrected chi connectivity index (χ0v) is 9.09. The van der Waals surface area contributed by atoms with Gasteiger partial charge in [-0.25, -0.2) is 0 Å². The van der Waals surface area contributed by atoms with Crippen LogP contribution in [0.3, 0.4) is 0 Å². The molecule has 1 atom stereocenters. The van der Waals surface area contributed by atoms with Gasteiger partial charge < -0.3 is 11.1 Å². The van der Waals surface area contributed by atoms with Gasteiger partial charge in [-0.1, -0.05) is 19.8 Å². The number of rotatable bonds is 7. The van der Waals surface area contributed by atoms with Gasteiger partial charge >= 0.3 is 0 Å². The van der Waals surface area contributed by atoms with Crippen LogP contribution in [0.15, 0.2) is 0 Å². The fourth-order valence-electron chi connectivity index (χ4n) is 1.55. The Labute approximate surface area is 86.4 Å². The molecule has 1 aliphatic rings. The molecule has 0 saturated heterocycles. The topological polar surface area (TPSA) is 55.1 Å². The second kappa shape index (κ2) is 6.02. The molecular formula is C11H22N2O. The lowest BCUT2D eigenvalue weighted by Gasteiger charge is -2.11. The van der Waals surface area contributed by atoms with Crippen molar-refractivity contribution >= 4 is 5.91 Å². The molecule has 0 spiro atoms. The second-order valence-corrected chi connectivity index (χ2v) is 4.26. The zero-order valence-electron chi connectivity index (χ0n) is 9.09. The average molecular weight is 198 g/mol. The summed E-state index contributed by atoms with van der Waals surface area (Å²) in [6.45, 7) is 2.80. The highest BCUT2D eigenvalue weighted by atomic mass is 16.1. The fraction of sp³-hybridized carbons (Fsp3) is 0.909. The molecule has 0 aromatic carbocycles. The first-order valence-corrected chi connectivity index (χ1v) is 5.76. The summed E-state index contributed by atoms with van der Waals surface area (Å²) in [4.78, 5) is 11.3. The van der Waals surface area contributed by atoms with E-state index in [4.69, 9.17) is 5.73 Å². The van der Waals surface area contributed by atoms with Crippen molar-refractivity contribution in [3.63, 3.8) is 0 Å². The van der Waals surface area contributed by atoms with Crippen LogP contribution >= 0.6 is 0 Å². The van der Waals surface area contributed by atoms with Gasteiger partial charge in [0.1, 0.15) is 0 Å². The SMILES string of the molecule is CCCCCC(=O)NCC(N)C1CC1. The van der Waals surface area contributed by atoms with Crippen LogP contribution in [-0.4, -0.2) is 18.5 Å². The number of unbranched alkanes of at least 4 members (excludes halogenated alkanes) is 2. The molecule has 3 heteroatoms. The first-order chi connectivity index (χ1) is 6.74. The van der Waals surface area contributed by atoms with Crippen LogP contribution in [0.25, 0.3) is 0 Å². The number of hydrogen-bond acceptors (Lipinski definition) is 2. The highest BCUT2D eigenvalue weighted by Crippen LogP contribution is 2.31. The second-order valence-electron chi connectivity index (χ2n) is 4.26. The molecule has 0 heterocycles. The predicted molar refractivity (Wildman–Crippen MR) is 57.9 cm³/mol. The number of carbonyl (C=O) groups is 1. The molecule has 3 N–H and O–H groups in total. The summed E-state index contributed by atoms with van der Waals surface area (Å²) in [5.41, 5.74) is 5.87. The lowest BCUT2D eigenvalue weighted by molar-refractivity contribution is -0.121. The van der Waals surface area contributed by atoms with Crippen molar-refractivity contribution in [2.75, 3.05) is 6.54 Å². The van der Waals surface area contributed by atoms with E-state index in [2.05, 4.69) is 12.2 Å². The minimum atomic E-state index is 0.162. The molecule has 1 fully saturated rings. The van der Waals surface area contributed by atoms with E-state index in [1.165, 1.54) is 12.8 Å². The summed E-state index contributed by atoms with van der Waals surface area (Å²) in [7, 11) is 0. The maximum Gasteiger partial charge on any atom is 0.220 e. The molecule has 1 amide bonds. The van der Waals surface area contributed by atoms with Gasteiger partial charge in [-0.2, -0.15) is 0 Å². The molecule has 1 aliphatic carbocycles. The number of nitrogens with one attached hydrogen (secondary N) is 1. The van der Waals surface area contributed by atoms with E-state index in [1.807, 2.05) is 0 Å². The third-order valence-corrected chi connectivity index (χ3v) is 2.77. The van der Waals surface area contributed by atoms with Crippen molar-refractivity contribution in [3.05, 3.63) is 0 Å². The summed E-state index contributed by atoms with van der Waals surface area (Å²) in [5, 5.41) is 2.90. The van der Waals surface area contributed by atoms with Crippen LogP contribution in [0.2, 0.25) is 0 Å². The van der Waals surface area contributed by atoms with Crippen molar-refractivity contribution in [2.45, 2.75) is 51.5 Å². The Balaban J connectivity index is 1.96. The standard InChI is InChI=1S/C11H22N2O/c1-2-3-4-5-11(14)13-8-10(12)9-6-7-9/h9-10H,2-8,12H2,1H3,(H,13,14). The minimum Gasteiger partial charge on any atom is -0.355 e. The number of hydrogen-bond donors (Lipinski definition) is 2. The van der Waals surface area contributed by atoms with E-state index in [1.54, 1.807) is 0 Å². The van der Waals surface area contributed by atoms with Gasteiger partial charge in [0.2, 0.25) is 5.91 Å². The maximum absolute atomic E-state index is 11.3. The Hall–Kier alpha value is -0.570. The fourth-order valence-corrected chi connectivity index (χ4v) is 1.55. The minimum absolute atomic E-state index is 0.162. The molecule has 0 aromatic heterocycles. The van der Waals surface area contributed by atoms with E-state index in [9.17, 15) is 4.79 Å². The maximum atomic E-state index is 11.3.